The molecule has 2 rings (SSSR count). The number of sulfone groups is 1. The van der Waals surface area contributed by atoms with Crippen molar-refractivity contribution in [2.75, 3.05) is 0 Å². The van der Waals surface area contributed by atoms with Gasteiger partial charge < -0.3 is 10.5 Å². The zero-order chi connectivity index (χ0) is 42.4. The Morgan fingerprint density at radius 3 is 1.47 bits per heavy atom. The SMILES string of the molecule is CCCCCCCCCCCCCCCC(=O)c1c(CC(N)C(=O)OC(Cl)C(=O)CCCCCCCCCCCCCCC)cccc1S(=O)(=O)c1ccccc1C. The zero-order valence-corrected chi connectivity index (χ0v) is 38.1. The fourth-order valence-corrected chi connectivity index (χ4v) is 9.65. The van der Waals surface area contributed by atoms with E-state index in [2.05, 4.69) is 13.8 Å². The molecule has 2 aromatic carbocycles. The molecule has 58 heavy (non-hydrogen) atoms. The summed E-state index contributed by atoms with van der Waals surface area (Å²) >= 11 is 6.24. The smallest absolute Gasteiger partial charge is 0.325 e. The first-order chi connectivity index (χ1) is 28.0. The molecule has 0 bridgehead atoms. The maximum atomic E-state index is 14.1. The highest BCUT2D eigenvalue weighted by atomic mass is 35.5. The highest BCUT2D eigenvalue weighted by molar-refractivity contribution is 7.91. The number of unbranched alkanes of at least 4 members (excludes halogenated alkanes) is 24. The number of carbonyl (C=O) groups excluding carboxylic acids is 3. The number of nitrogens with two attached hydrogens (primary N) is 1. The molecule has 7 nitrogen and oxygen atoms in total. The normalized spacial score (nSPS) is 12.7. The van der Waals surface area contributed by atoms with Crippen LogP contribution in [0.5, 0.6) is 0 Å². The molecule has 0 radical (unpaired) electrons. The molecule has 0 aliphatic rings. The van der Waals surface area contributed by atoms with Gasteiger partial charge in [0.2, 0.25) is 15.4 Å². The predicted octanol–water partition coefficient (Wildman–Crippen LogP) is 13.5. The summed E-state index contributed by atoms with van der Waals surface area (Å²) in [6.07, 6.45) is 31.0. The van der Waals surface area contributed by atoms with E-state index in [0.29, 0.717) is 24.0 Å². The maximum absolute atomic E-state index is 14.1. The number of ether oxygens (including phenoxy) is 1. The second kappa shape index (κ2) is 31.3. The number of alkyl halides is 1. The molecule has 2 atom stereocenters. The average molecular weight is 845 g/mol. The Labute approximate surface area is 358 Å². The number of ketones is 2. The molecule has 328 valence electrons. The van der Waals surface area contributed by atoms with Crippen LogP contribution in [-0.2, 0) is 30.6 Å². The lowest BCUT2D eigenvalue weighted by atomic mass is 9.95. The summed E-state index contributed by atoms with van der Waals surface area (Å²) in [6, 6.07) is 10.1. The number of hydrogen-bond donors (Lipinski definition) is 1. The van der Waals surface area contributed by atoms with Crippen LogP contribution in [0.2, 0.25) is 0 Å². The molecule has 0 aromatic heterocycles. The van der Waals surface area contributed by atoms with Gasteiger partial charge in [-0.1, -0.05) is 210 Å². The van der Waals surface area contributed by atoms with Gasteiger partial charge >= 0.3 is 5.97 Å². The van der Waals surface area contributed by atoms with Crippen molar-refractivity contribution in [3.63, 3.8) is 0 Å². The van der Waals surface area contributed by atoms with Crippen molar-refractivity contribution >= 4 is 39.0 Å². The molecule has 0 aliphatic heterocycles. The molecule has 2 aromatic rings. The number of halogens is 1. The fourth-order valence-electron chi connectivity index (χ4n) is 7.70. The van der Waals surface area contributed by atoms with Crippen LogP contribution >= 0.6 is 11.6 Å². The van der Waals surface area contributed by atoms with Crippen LogP contribution in [0.25, 0.3) is 0 Å². The van der Waals surface area contributed by atoms with Crippen molar-refractivity contribution in [2.24, 2.45) is 5.73 Å². The van der Waals surface area contributed by atoms with Crippen molar-refractivity contribution in [1.82, 2.24) is 0 Å². The first-order valence-corrected chi connectivity index (χ1v) is 25.0. The fraction of sp³-hybridized carbons (Fsp3) is 0.694. The van der Waals surface area contributed by atoms with Crippen molar-refractivity contribution in [3.8, 4) is 0 Å². The standard InChI is InChI=1S/C49H78ClNO6S/c1-4-6-8-10-12-14-16-18-20-22-24-26-28-35-43(52)47-41(34-32-38-46(47)58(55,56)45-37-31-30-33-40(45)3)39-42(51)49(54)57-48(50)44(53)36-29-27-25-23-21-19-17-15-13-11-9-7-5-2/h30-34,37-38,42,48H,4-29,35-36,39,51H2,1-3H3. The lowest BCUT2D eigenvalue weighted by Crippen LogP contribution is -2.37. The van der Waals surface area contributed by atoms with Gasteiger partial charge in [-0.2, -0.15) is 0 Å². The molecule has 0 spiro atoms. The third-order valence-electron chi connectivity index (χ3n) is 11.3. The lowest BCUT2D eigenvalue weighted by Gasteiger charge is -2.19. The molecule has 0 amide bonds. The number of esters is 1. The van der Waals surface area contributed by atoms with E-state index in [1.54, 1.807) is 37.3 Å². The average Bonchev–Trinajstić information content (AvgIpc) is 3.21. The van der Waals surface area contributed by atoms with Gasteiger partial charge in [-0.15, -0.1) is 0 Å². The molecule has 0 aliphatic carbocycles. The van der Waals surface area contributed by atoms with Crippen LogP contribution in [-0.4, -0.2) is 37.6 Å². The molecule has 2 unspecified atom stereocenters. The number of hydrogen-bond acceptors (Lipinski definition) is 7. The van der Waals surface area contributed by atoms with Gasteiger partial charge in [0, 0.05) is 18.4 Å². The van der Waals surface area contributed by atoms with Gasteiger partial charge in [-0.25, -0.2) is 8.42 Å². The Balaban J connectivity index is 1.92. The highest BCUT2D eigenvalue weighted by Crippen LogP contribution is 2.31. The lowest BCUT2D eigenvalue weighted by molar-refractivity contribution is -0.151. The van der Waals surface area contributed by atoms with Crippen LogP contribution in [0, 0.1) is 6.92 Å². The van der Waals surface area contributed by atoms with Crippen LogP contribution in [0.1, 0.15) is 215 Å². The number of aryl methyl sites for hydroxylation is 1. The minimum atomic E-state index is -4.08. The molecule has 0 saturated carbocycles. The van der Waals surface area contributed by atoms with Crippen molar-refractivity contribution in [1.29, 1.82) is 0 Å². The summed E-state index contributed by atoms with van der Waals surface area (Å²) in [5, 5.41) is 0. The van der Waals surface area contributed by atoms with E-state index in [-0.39, 0.29) is 46.2 Å². The van der Waals surface area contributed by atoms with Gasteiger partial charge in [0.15, 0.2) is 11.6 Å². The summed E-state index contributed by atoms with van der Waals surface area (Å²) in [4.78, 5) is 39.8. The number of benzene rings is 2. The van der Waals surface area contributed by atoms with Crippen molar-refractivity contribution in [3.05, 3.63) is 59.2 Å². The first kappa shape index (κ1) is 51.6. The number of rotatable bonds is 36. The third-order valence-corrected chi connectivity index (χ3v) is 13.6. The first-order valence-electron chi connectivity index (χ1n) is 23.1. The molecular weight excluding hydrogens is 766 g/mol. The second-order valence-corrected chi connectivity index (χ2v) is 18.8. The summed E-state index contributed by atoms with van der Waals surface area (Å²) < 4.78 is 33.4. The minimum Gasteiger partial charge on any atom is -0.437 e. The summed E-state index contributed by atoms with van der Waals surface area (Å²) in [5.74, 6) is -1.54. The Hall–Kier alpha value is -2.55. The minimum absolute atomic E-state index is 0.0637. The van der Waals surface area contributed by atoms with Crippen LogP contribution in [0.3, 0.4) is 0 Å². The number of carbonyl (C=O) groups is 3. The van der Waals surface area contributed by atoms with E-state index < -0.39 is 27.4 Å². The van der Waals surface area contributed by atoms with Crippen LogP contribution < -0.4 is 5.73 Å². The van der Waals surface area contributed by atoms with Gasteiger partial charge in [-0.05, 0) is 49.4 Å². The van der Waals surface area contributed by atoms with E-state index >= 15 is 0 Å². The Kier molecular flexibility index (Phi) is 27.9. The van der Waals surface area contributed by atoms with E-state index in [0.717, 1.165) is 38.5 Å². The highest BCUT2D eigenvalue weighted by Gasteiger charge is 2.30. The quantitative estimate of drug-likeness (QED) is 0.0314. The van der Waals surface area contributed by atoms with Crippen LogP contribution in [0.15, 0.2) is 52.3 Å². The third kappa shape index (κ3) is 20.6. The second-order valence-electron chi connectivity index (χ2n) is 16.5. The monoisotopic (exact) mass is 844 g/mol. The van der Waals surface area contributed by atoms with Gasteiger partial charge in [0.25, 0.3) is 0 Å². The zero-order valence-electron chi connectivity index (χ0n) is 36.5. The predicted molar refractivity (Wildman–Crippen MR) is 240 cm³/mol. The maximum Gasteiger partial charge on any atom is 0.325 e. The van der Waals surface area contributed by atoms with E-state index in [9.17, 15) is 22.8 Å². The van der Waals surface area contributed by atoms with E-state index in [4.69, 9.17) is 22.1 Å². The largest absolute Gasteiger partial charge is 0.437 e. The van der Waals surface area contributed by atoms with Crippen LogP contribution in [0.4, 0.5) is 0 Å². The van der Waals surface area contributed by atoms with Gasteiger partial charge in [0.1, 0.15) is 6.04 Å². The molecule has 0 heterocycles. The topological polar surface area (TPSA) is 121 Å². The molecular formula is C49H78ClNO6S. The van der Waals surface area contributed by atoms with E-state index in [1.807, 2.05) is 0 Å². The van der Waals surface area contributed by atoms with Gasteiger partial charge in [0.05, 0.1) is 9.79 Å². The summed E-state index contributed by atoms with van der Waals surface area (Å²) in [6.45, 7) is 6.20. The molecule has 0 fully saturated rings. The van der Waals surface area contributed by atoms with Crippen molar-refractivity contribution < 1.29 is 27.5 Å². The van der Waals surface area contributed by atoms with Gasteiger partial charge in [-0.3, -0.25) is 14.4 Å². The van der Waals surface area contributed by atoms with Crippen molar-refractivity contribution in [2.45, 2.75) is 228 Å². The van der Waals surface area contributed by atoms with E-state index in [1.165, 1.54) is 128 Å². The summed E-state index contributed by atoms with van der Waals surface area (Å²) in [5.41, 5.74) is 5.83. The Morgan fingerprint density at radius 1 is 0.586 bits per heavy atom. The molecule has 0 saturated heterocycles. The number of Topliss-reactive ketones (excluding diaryl/α,β-unsaturated/α-hetero) is 2. The Morgan fingerprint density at radius 2 is 1.00 bits per heavy atom. The Bertz CT molecular complexity index is 1560. The molecule has 2 N–H and O–H groups in total. The molecule has 9 heteroatoms. The summed E-state index contributed by atoms with van der Waals surface area (Å²) in [7, 11) is -4.08.